The summed E-state index contributed by atoms with van der Waals surface area (Å²) < 4.78 is 5.37. The monoisotopic (exact) mass is 645 g/mol. The molecule has 3 aromatic rings. The van der Waals surface area contributed by atoms with Gasteiger partial charge in [0.25, 0.3) is 5.91 Å². The van der Waals surface area contributed by atoms with Gasteiger partial charge in [-0.05, 0) is 50.1 Å². The standard InChI is InChI=1S/C35H43N5O5S/c1-24(41)21-36-35(2,3)20-32(42)37-29-23-46-31-11-7-6-10-30(31)40(33(29)43)22-25-12-14-26(15-13-25)27-8-4-5-9-28(27)38-34(44)39-16-18-45-19-17-39/h4-15,24,29,36,41H,16-23H2,1-3H3,(H,37,42)(H,38,44)/t24-,29-/m1/s1. The zero-order valence-corrected chi connectivity index (χ0v) is 27.4. The number of amides is 4. The van der Waals surface area contributed by atoms with Crippen molar-refractivity contribution in [1.29, 1.82) is 0 Å². The smallest absolute Gasteiger partial charge is 0.322 e. The van der Waals surface area contributed by atoms with Gasteiger partial charge in [0.1, 0.15) is 6.04 Å². The predicted octanol–water partition coefficient (Wildman–Crippen LogP) is 4.48. The summed E-state index contributed by atoms with van der Waals surface area (Å²) in [5.74, 6) is 0.0309. The number of hydrogen-bond donors (Lipinski definition) is 4. The van der Waals surface area contributed by atoms with Gasteiger partial charge in [0.2, 0.25) is 5.91 Å². The zero-order chi connectivity index (χ0) is 32.7. The SMILES string of the molecule is C[C@@H](O)CNC(C)(C)CC(=O)N[C@@H]1CSc2ccccc2N(Cc2ccc(-c3ccccc3NC(=O)N3CCOCC3)cc2)C1=O. The molecular formula is C35H43N5O5S. The Hall–Kier alpha value is -3.90. The first kappa shape index (κ1) is 33.5. The van der Waals surface area contributed by atoms with Gasteiger partial charge in [0.05, 0.1) is 37.2 Å². The lowest BCUT2D eigenvalue weighted by molar-refractivity contribution is -0.127. The van der Waals surface area contributed by atoms with Crippen molar-refractivity contribution >= 4 is 41.0 Å². The molecule has 46 heavy (non-hydrogen) atoms. The van der Waals surface area contributed by atoms with E-state index in [9.17, 15) is 19.5 Å². The van der Waals surface area contributed by atoms with Gasteiger partial charge in [-0.2, -0.15) is 0 Å². The third kappa shape index (κ3) is 8.67. The van der Waals surface area contributed by atoms with E-state index in [2.05, 4.69) is 16.0 Å². The van der Waals surface area contributed by atoms with Crippen molar-refractivity contribution in [2.45, 2.75) is 56.3 Å². The first-order chi connectivity index (χ1) is 22.1. The second kappa shape index (κ2) is 15.1. The molecule has 4 N–H and O–H groups in total. The molecule has 3 aromatic carbocycles. The predicted molar refractivity (Wildman–Crippen MR) is 182 cm³/mol. The largest absolute Gasteiger partial charge is 0.392 e. The molecular weight excluding hydrogens is 602 g/mol. The molecule has 0 bridgehead atoms. The highest BCUT2D eigenvalue weighted by molar-refractivity contribution is 7.99. The van der Waals surface area contributed by atoms with E-state index >= 15 is 0 Å². The van der Waals surface area contributed by atoms with E-state index in [0.717, 1.165) is 33.0 Å². The van der Waals surface area contributed by atoms with Crippen molar-refractivity contribution < 1.29 is 24.2 Å². The van der Waals surface area contributed by atoms with Gasteiger partial charge in [-0.3, -0.25) is 9.59 Å². The number of nitrogens with zero attached hydrogens (tertiary/aromatic N) is 2. The number of thioether (sulfide) groups is 1. The van der Waals surface area contributed by atoms with Crippen LogP contribution in [0.4, 0.5) is 16.2 Å². The third-order valence-corrected chi connectivity index (χ3v) is 9.17. The topological polar surface area (TPSA) is 123 Å². The Morgan fingerprint density at radius 2 is 1.72 bits per heavy atom. The maximum absolute atomic E-state index is 14.0. The summed E-state index contributed by atoms with van der Waals surface area (Å²) in [5.41, 5.74) is 3.77. The van der Waals surface area contributed by atoms with Crippen molar-refractivity contribution in [3.05, 3.63) is 78.4 Å². The maximum atomic E-state index is 14.0. The number of para-hydroxylation sites is 2. The fraction of sp³-hybridized carbons (Fsp3) is 0.400. The summed E-state index contributed by atoms with van der Waals surface area (Å²) in [5, 5.41) is 18.9. The van der Waals surface area contributed by atoms with Crippen LogP contribution < -0.4 is 20.9 Å². The molecule has 1 saturated heterocycles. The summed E-state index contributed by atoms with van der Waals surface area (Å²) >= 11 is 1.56. The molecule has 0 spiro atoms. The number of β-amino-alcohol motifs (C(OH)–C–C–N with tert-alkyl or cyclic N) is 1. The molecule has 10 nitrogen and oxygen atoms in total. The van der Waals surface area contributed by atoms with E-state index in [1.807, 2.05) is 86.6 Å². The van der Waals surface area contributed by atoms with E-state index in [-0.39, 0.29) is 24.3 Å². The Morgan fingerprint density at radius 1 is 1.02 bits per heavy atom. The molecule has 2 aliphatic heterocycles. The number of fused-ring (bicyclic) bond motifs is 1. The van der Waals surface area contributed by atoms with Crippen molar-refractivity contribution in [2.24, 2.45) is 0 Å². The van der Waals surface area contributed by atoms with Crippen molar-refractivity contribution in [3.63, 3.8) is 0 Å². The molecule has 244 valence electrons. The minimum Gasteiger partial charge on any atom is -0.392 e. The van der Waals surface area contributed by atoms with Crippen LogP contribution in [0.3, 0.4) is 0 Å². The molecule has 0 aromatic heterocycles. The minimum atomic E-state index is -0.696. The highest BCUT2D eigenvalue weighted by Gasteiger charge is 2.33. The van der Waals surface area contributed by atoms with Crippen LogP contribution in [-0.4, -0.2) is 84.1 Å². The van der Waals surface area contributed by atoms with Gasteiger partial charge < -0.3 is 35.6 Å². The average Bonchev–Trinajstić information content (AvgIpc) is 3.17. The highest BCUT2D eigenvalue weighted by Crippen LogP contribution is 2.36. The molecule has 2 atom stereocenters. The van der Waals surface area contributed by atoms with Crippen LogP contribution in [0.2, 0.25) is 0 Å². The van der Waals surface area contributed by atoms with E-state index < -0.39 is 17.7 Å². The van der Waals surface area contributed by atoms with E-state index in [1.165, 1.54) is 0 Å². The Bertz CT molecular complexity index is 1520. The number of hydrogen-bond acceptors (Lipinski definition) is 7. The molecule has 2 heterocycles. The number of carbonyl (C=O) groups excluding carboxylic acids is 3. The van der Waals surface area contributed by atoms with Crippen molar-refractivity contribution in [2.75, 3.05) is 48.8 Å². The fourth-order valence-corrected chi connectivity index (χ4v) is 6.60. The number of aliphatic hydroxyl groups is 1. The minimum absolute atomic E-state index is 0.148. The van der Waals surface area contributed by atoms with Crippen LogP contribution in [-0.2, 0) is 20.9 Å². The first-order valence-corrected chi connectivity index (χ1v) is 16.7. The maximum Gasteiger partial charge on any atom is 0.322 e. The van der Waals surface area contributed by atoms with Crippen LogP contribution >= 0.6 is 11.8 Å². The summed E-state index contributed by atoms with van der Waals surface area (Å²) in [6.45, 7) is 8.39. The zero-order valence-electron chi connectivity index (χ0n) is 26.6. The number of nitrogens with one attached hydrogen (secondary N) is 3. The quantitative estimate of drug-likeness (QED) is 0.257. The Balaban J connectivity index is 1.30. The lowest BCUT2D eigenvalue weighted by Crippen LogP contribution is -2.52. The number of morpholine rings is 1. The molecule has 2 aliphatic rings. The molecule has 0 radical (unpaired) electrons. The van der Waals surface area contributed by atoms with Gasteiger partial charge in [-0.15, -0.1) is 11.8 Å². The van der Waals surface area contributed by atoms with Crippen molar-refractivity contribution in [3.8, 4) is 11.1 Å². The van der Waals surface area contributed by atoms with Gasteiger partial charge in [0, 0.05) is 47.8 Å². The van der Waals surface area contributed by atoms with Crippen molar-refractivity contribution in [1.82, 2.24) is 15.5 Å². The van der Waals surface area contributed by atoms with Gasteiger partial charge in [-0.1, -0.05) is 54.6 Å². The van der Waals surface area contributed by atoms with Crippen LogP contribution in [0.15, 0.2) is 77.7 Å². The van der Waals surface area contributed by atoms with Gasteiger partial charge in [0.15, 0.2) is 0 Å². The molecule has 5 rings (SSSR count). The van der Waals surface area contributed by atoms with Crippen LogP contribution in [0.5, 0.6) is 0 Å². The molecule has 4 amide bonds. The summed E-state index contributed by atoms with van der Waals surface area (Å²) in [4.78, 5) is 44.5. The van der Waals surface area contributed by atoms with E-state index in [0.29, 0.717) is 45.1 Å². The summed E-state index contributed by atoms with van der Waals surface area (Å²) in [6.07, 6.45) is -0.365. The lowest BCUT2D eigenvalue weighted by Gasteiger charge is -2.29. The molecule has 1 fully saturated rings. The van der Waals surface area contributed by atoms with Gasteiger partial charge in [-0.25, -0.2) is 4.79 Å². The number of benzene rings is 3. The number of ether oxygens (including phenoxy) is 1. The lowest BCUT2D eigenvalue weighted by atomic mass is 9.99. The number of rotatable bonds is 10. The van der Waals surface area contributed by atoms with Crippen LogP contribution in [0, 0.1) is 0 Å². The second-order valence-corrected chi connectivity index (χ2v) is 13.4. The Morgan fingerprint density at radius 3 is 2.46 bits per heavy atom. The molecule has 0 aliphatic carbocycles. The molecule has 0 unspecified atom stereocenters. The number of anilines is 2. The van der Waals surface area contributed by atoms with Crippen LogP contribution in [0.25, 0.3) is 11.1 Å². The van der Waals surface area contributed by atoms with Gasteiger partial charge >= 0.3 is 6.03 Å². The molecule has 11 heteroatoms. The normalized spacial score (nSPS) is 17.6. The first-order valence-electron chi connectivity index (χ1n) is 15.7. The van der Waals surface area contributed by atoms with E-state index in [4.69, 9.17) is 4.74 Å². The Labute approximate surface area is 274 Å². The second-order valence-electron chi connectivity index (χ2n) is 12.4. The highest BCUT2D eigenvalue weighted by atomic mass is 32.2. The van der Waals surface area contributed by atoms with E-state index in [1.54, 1.807) is 28.5 Å². The molecule has 0 saturated carbocycles. The summed E-state index contributed by atoms with van der Waals surface area (Å²) in [7, 11) is 0. The Kier molecular flexibility index (Phi) is 11.0. The number of carbonyl (C=O) groups is 3. The fourth-order valence-electron chi connectivity index (χ4n) is 5.53. The summed E-state index contributed by atoms with van der Waals surface area (Å²) in [6, 6.07) is 22.7. The third-order valence-electron chi connectivity index (χ3n) is 8.01. The number of urea groups is 1. The van der Waals surface area contributed by atoms with Crippen LogP contribution in [0.1, 0.15) is 32.8 Å². The average molecular weight is 646 g/mol. The number of aliphatic hydroxyl groups excluding tert-OH is 1.